The molecule has 1 heterocycles. The molecule has 0 spiro atoms. The van der Waals surface area contributed by atoms with Crippen LogP contribution >= 0.6 is 0 Å². The van der Waals surface area contributed by atoms with Crippen molar-refractivity contribution >= 4 is 18.2 Å². The Morgan fingerprint density at radius 3 is 2.31 bits per heavy atom. The molecule has 0 saturated carbocycles. The van der Waals surface area contributed by atoms with Crippen molar-refractivity contribution in [2.45, 2.75) is 65.8 Å². The minimum absolute atomic E-state index is 0.142. The topological polar surface area (TPSA) is 78.9 Å². The number of hydrogen-bond acceptors (Lipinski definition) is 6. The molecular weight excluding hydrogens is 372 g/mol. The summed E-state index contributed by atoms with van der Waals surface area (Å²) in [4.78, 5) is 35.5. The quantitative estimate of drug-likeness (QED) is 0.344. The van der Waals surface area contributed by atoms with Crippen molar-refractivity contribution in [3.05, 3.63) is 41.5 Å². The van der Waals surface area contributed by atoms with Gasteiger partial charge in [0.25, 0.3) is 0 Å². The molecule has 1 aromatic rings. The van der Waals surface area contributed by atoms with E-state index >= 15 is 0 Å². The lowest BCUT2D eigenvalue weighted by Gasteiger charge is -2.20. The summed E-state index contributed by atoms with van der Waals surface area (Å²) in [7, 11) is 0. The maximum absolute atomic E-state index is 12.3. The van der Waals surface area contributed by atoms with Crippen LogP contribution in [0.5, 0.6) is 5.75 Å². The molecule has 0 radical (unpaired) electrons. The smallest absolute Gasteiger partial charge is 0.306 e. The van der Waals surface area contributed by atoms with Crippen LogP contribution in [-0.4, -0.2) is 24.3 Å². The van der Waals surface area contributed by atoms with Crippen LogP contribution in [0.4, 0.5) is 0 Å². The predicted molar refractivity (Wildman–Crippen MR) is 108 cm³/mol. The van der Waals surface area contributed by atoms with Crippen LogP contribution in [0.2, 0.25) is 0 Å². The number of fused-ring (bicyclic) bond motifs is 1. The normalized spacial score (nSPS) is 18.7. The van der Waals surface area contributed by atoms with Crippen molar-refractivity contribution in [3.8, 4) is 5.75 Å². The lowest BCUT2D eigenvalue weighted by Crippen LogP contribution is -2.26. The summed E-state index contributed by atoms with van der Waals surface area (Å²) < 4.78 is 17.0. The summed E-state index contributed by atoms with van der Waals surface area (Å²) in [6, 6.07) is 5.33. The van der Waals surface area contributed by atoms with Crippen molar-refractivity contribution in [3.63, 3.8) is 0 Å². The van der Waals surface area contributed by atoms with Gasteiger partial charge in [-0.2, -0.15) is 0 Å². The fourth-order valence-electron chi connectivity index (χ4n) is 3.14. The minimum Gasteiger partial charge on any atom is -0.481 e. The number of benzene rings is 1. The molecule has 6 heteroatoms. The number of rotatable bonds is 9. The second kappa shape index (κ2) is 9.72. The number of esters is 2. The third kappa shape index (κ3) is 5.92. The molecule has 2 rings (SSSR count). The van der Waals surface area contributed by atoms with E-state index in [4.69, 9.17) is 14.2 Å². The first kappa shape index (κ1) is 22.7. The number of ether oxygens (including phenoxy) is 3. The summed E-state index contributed by atoms with van der Waals surface area (Å²) in [5.74, 6) is 0.236. The number of hydrogen-bond donors (Lipinski definition) is 0. The van der Waals surface area contributed by atoms with Gasteiger partial charge in [-0.05, 0) is 36.5 Å². The predicted octanol–water partition coefficient (Wildman–Crippen LogP) is 4.48. The van der Waals surface area contributed by atoms with Gasteiger partial charge in [-0.3, -0.25) is 14.4 Å². The zero-order valence-electron chi connectivity index (χ0n) is 17.8. The first-order chi connectivity index (χ1) is 13.6. The maximum atomic E-state index is 12.3. The molecule has 0 saturated heterocycles. The standard InChI is InChI=1S/C23H30O6/c1-13(2)9-20(25)27-16(6)17-7-8-19-18(11-17)23(22(28-19)15(5)12-24)29-21(26)10-14(3)4/h7-8,11-14,16,22-23H,5,9-10H2,1-4,6H3. The van der Waals surface area contributed by atoms with Crippen molar-refractivity contribution in [2.75, 3.05) is 0 Å². The lowest BCUT2D eigenvalue weighted by atomic mass is 9.98. The number of carbonyl (C=O) groups is 3. The number of carbonyl (C=O) groups excluding carboxylic acids is 3. The molecule has 0 fully saturated rings. The third-order valence-corrected chi connectivity index (χ3v) is 4.57. The molecule has 6 nitrogen and oxygen atoms in total. The second-order valence-electron chi connectivity index (χ2n) is 8.27. The highest BCUT2D eigenvalue weighted by Gasteiger charge is 2.39. The van der Waals surface area contributed by atoms with Crippen LogP contribution in [0.3, 0.4) is 0 Å². The van der Waals surface area contributed by atoms with Gasteiger partial charge in [-0.15, -0.1) is 0 Å². The summed E-state index contributed by atoms with van der Waals surface area (Å²) in [5.41, 5.74) is 1.59. The summed E-state index contributed by atoms with van der Waals surface area (Å²) in [6.45, 7) is 13.3. The van der Waals surface area contributed by atoms with E-state index in [0.29, 0.717) is 24.0 Å². The van der Waals surface area contributed by atoms with Gasteiger partial charge in [-0.1, -0.05) is 40.3 Å². The average molecular weight is 402 g/mol. The number of aldehydes is 1. The Morgan fingerprint density at radius 1 is 1.10 bits per heavy atom. The Labute approximate surface area is 172 Å². The Kier molecular flexibility index (Phi) is 7.59. The Balaban J connectivity index is 2.26. The lowest BCUT2D eigenvalue weighted by molar-refractivity contribution is -0.153. The highest BCUT2D eigenvalue weighted by Crippen LogP contribution is 2.42. The van der Waals surface area contributed by atoms with Crippen molar-refractivity contribution < 1.29 is 28.6 Å². The molecule has 0 bridgehead atoms. The van der Waals surface area contributed by atoms with E-state index < -0.39 is 18.3 Å². The molecule has 0 aliphatic carbocycles. The van der Waals surface area contributed by atoms with Crippen molar-refractivity contribution in [2.24, 2.45) is 11.8 Å². The minimum atomic E-state index is -0.771. The molecule has 3 unspecified atom stereocenters. The largest absolute Gasteiger partial charge is 0.481 e. The van der Waals surface area contributed by atoms with Crippen LogP contribution < -0.4 is 4.74 Å². The molecule has 0 aromatic heterocycles. The van der Waals surface area contributed by atoms with Gasteiger partial charge >= 0.3 is 11.9 Å². The van der Waals surface area contributed by atoms with E-state index in [0.717, 1.165) is 5.56 Å². The van der Waals surface area contributed by atoms with E-state index in [2.05, 4.69) is 6.58 Å². The first-order valence-corrected chi connectivity index (χ1v) is 9.95. The third-order valence-electron chi connectivity index (χ3n) is 4.57. The molecule has 3 atom stereocenters. The van der Waals surface area contributed by atoms with Gasteiger partial charge in [0.15, 0.2) is 12.2 Å². The highest BCUT2D eigenvalue weighted by atomic mass is 16.6. The van der Waals surface area contributed by atoms with Crippen LogP contribution in [0.15, 0.2) is 30.4 Å². The van der Waals surface area contributed by atoms with Crippen LogP contribution in [-0.2, 0) is 23.9 Å². The summed E-state index contributed by atoms with van der Waals surface area (Å²) in [6.07, 6.45) is -0.798. The fourth-order valence-corrected chi connectivity index (χ4v) is 3.14. The van der Waals surface area contributed by atoms with Gasteiger partial charge in [0, 0.05) is 24.0 Å². The molecule has 1 aromatic carbocycles. The fraction of sp³-hybridized carbons (Fsp3) is 0.522. The summed E-state index contributed by atoms with van der Waals surface area (Å²) >= 11 is 0. The zero-order valence-corrected chi connectivity index (χ0v) is 17.8. The molecule has 0 amide bonds. The van der Waals surface area contributed by atoms with Gasteiger partial charge < -0.3 is 14.2 Å². The molecule has 1 aliphatic rings. The Bertz CT molecular complexity index is 780. The van der Waals surface area contributed by atoms with Crippen LogP contribution in [0.25, 0.3) is 0 Å². The average Bonchev–Trinajstić information content (AvgIpc) is 2.97. The van der Waals surface area contributed by atoms with E-state index in [1.165, 1.54) is 0 Å². The molecular formula is C23H30O6. The highest BCUT2D eigenvalue weighted by molar-refractivity contribution is 5.76. The monoisotopic (exact) mass is 402 g/mol. The van der Waals surface area contributed by atoms with Gasteiger partial charge in [0.2, 0.25) is 0 Å². The van der Waals surface area contributed by atoms with Gasteiger partial charge in [0.05, 0.1) is 0 Å². The molecule has 1 aliphatic heterocycles. The SMILES string of the molecule is C=C(C=O)C1Oc2ccc(C(C)OC(=O)CC(C)C)cc2C1OC(=O)CC(C)C. The van der Waals surface area contributed by atoms with E-state index in [1.807, 2.05) is 27.7 Å². The van der Waals surface area contributed by atoms with Crippen LogP contribution in [0, 0.1) is 11.8 Å². The first-order valence-electron chi connectivity index (χ1n) is 9.95. The Morgan fingerprint density at radius 2 is 1.72 bits per heavy atom. The van der Waals surface area contributed by atoms with E-state index in [9.17, 15) is 14.4 Å². The van der Waals surface area contributed by atoms with Gasteiger partial charge in [-0.25, -0.2) is 0 Å². The van der Waals surface area contributed by atoms with E-state index in [1.54, 1.807) is 25.1 Å². The molecule has 158 valence electrons. The zero-order chi connectivity index (χ0) is 21.7. The van der Waals surface area contributed by atoms with Crippen LogP contribution in [0.1, 0.15) is 70.8 Å². The maximum Gasteiger partial charge on any atom is 0.306 e. The Hall–Kier alpha value is -2.63. The second-order valence-corrected chi connectivity index (χ2v) is 8.27. The molecule has 29 heavy (non-hydrogen) atoms. The van der Waals surface area contributed by atoms with Gasteiger partial charge in [0.1, 0.15) is 18.1 Å². The summed E-state index contributed by atoms with van der Waals surface area (Å²) in [5, 5.41) is 0. The van der Waals surface area contributed by atoms with Crippen molar-refractivity contribution in [1.82, 2.24) is 0 Å². The molecule has 0 N–H and O–H groups in total. The van der Waals surface area contributed by atoms with E-state index in [-0.39, 0.29) is 35.8 Å². The van der Waals surface area contributed by atoms with Crippen molar-refractivity contribution in [1.29, 1.82) is 0 Å².